The van der Waals surface area contributed by atoms with Crippen LogP contribution in [0.4, 0.5) is 0 Å². The number of carbonyl (C=O) groups excluding carboxylic acids is 2. The Morgan fingerprint density at radius 1 is 1.07 bits per heavy atom. The van der Waals surface area contributed by atoms with Gasteiger partial charge in [0, 0.05) is 18.4 Å². The largest absolute Gasteiger partial charge is 0.298 e. The quantitative estimate of drug-likeness (QED) is 0.384. The summed E-state index contributed by atoms with van der Waals surface area (Å²) < 4.78 is 0. The van der Waals surface area contributed by atoms with Gasteiger partial charge in [-0.15, -0.1) is 0 Å². The highest BCUT2D eigenvalue weighted by Gasteiger charge is 2.40. The lowest BCUT2D eigenvalue weighted by Crippen LogP contribution is -2.42. The highest BCUT2D eigenvalue weighted by atomic mass is 16.7. The third-order valence-corrected chi connectivity index (χ3v) is 4.39. The van der Waals surface area contributed by atoms with Crippen LogP contribution >= 0.6 is 0 Å². The molecule has 2 atom stereocenters. The summed E-state index contributed by atoms with van der Waals surface area (Å²) >= 11 is 0. The SMILES string of the molecule is CON(C)C(=O)[C@H](C(=O)Cc1ccccc1)[C@H](C[N+](=O)[O-])c1ccccc1. The van der Waals surface area contributed by atoms with Crippen molar-refractivity contribution in [2.24, 2.45) is 5.92 Å². The third kappa shape index (κ3) is 5.46. The number of hydrogen-bond donors (Lipinski definition) is 0. The van der Waals surface area contributed by atoms with E-state index < -0.39 is 29.2 Å². The van der Waals surface area contributed by atoms with E-state index in [1.54, 1.807) is 54.6 Å². The molecule has 0 aliphatic carbocycles. The number of benzene rings is 2. The van der Waals surface area contributed by atoms with Crippen LogP contribution in [0.15, 0.2) is 60.7 Å². The Kier molecular flexibility index (Phi) is 7.19. The average Bonchev–Trinajstić information content (AvgIpc) is 2.67. The molecule has 0 unspecified atom stereocenters. The van der Waals surface area contributed by atoms with Crippen LogP contribution in [0.2, 0.25) is 0 Å². The molecule has 2 aromatic carbocycles. The Bertz CT molecular complexity index is 779. The van der Waals surface area contributed by atoms with Gasteiger partial charge in [-0.3, -0.25) is 24.5 Å². The maximum atomic E-state index is 13.0. The Hall–Kier alpha value is -3.06. The highest BCUT2D eigenvalue weighted by Crippen LogP contribution is 2.29. The van der Waals surface area contributed by atoms with Crippen LogP contribution in [0.3, 0.4) is 0 Å². The van der Waals surface area contributed by atoms with Crippen LogP contribution in [0, 0.1) is 16.0 Å². The summed E-state index contributed by atoms with van der Waals surface area (Å²) in [6, 6.07) is 17.6. The molecule has 0 bridgehead atoms. The third-order valence-electron chi connectivity index (χ3n) is 4.39. The number of Topliss-reactive ketones (excluding diaryl/α,β-unsaturated/α-hetero) is 1. The zero-order valence-corrected chi connectivity index (χ0v) is 15.3. The van der Waals surface area contributed by atoms with Gasteiger partial charge in [-0.1, -0.05) is 60.7 Å². The number of hydroxylamine groups is 2. The molecule has 27 heavy (non-hydrogen) atoms. The number of amides is 1. The van der Waals surface area contributed by atoms with E-state index in [0.717, 1.165) is 10.6 Å². The van der Waals surface area contributed by atoms with Gasteiger partial charge < -0.3 is 0 Å². The first-order chi connectivity index (χ1) is 12.9. The lowest BCUT2D eigenvalue weighted by atomic mass is 9.80. The predicted octanol–water partition coefficient (Wildman–Crippen LogP) is 2.49. The van der Waals surface area contributed by atoms with E-state index in [0.29, 0.717) is 5.56 Å². The second-order valence-corrected chi connectivity index (χ2v) is 6.16. The predicted molar refractivity (Wildman–Crippen MR) is 99.5 cm³/mol. The topological polar surface area (TPSA) is 89.8 Å². The maximum absolute atomic E-state index is 13.0. The summed E-state index contributed by atoms with van der Waals surface area (Å²) in [5.41, 5.74) is 1.31. The average molecular weight is 370 g/mol. The van der Waals surface area contributed by atoms with Crippen LogP contribution in [-0.2, 0) is 20.8 Å². The maximum Gasteiger partial charge on any atom is 0.257 e. The molecule has 7 nitrogen and oxygen atoms in total. The molecule has 0 radical (unpaired) electrons. The van der Waals surface area contributed by atoms with Gasteiger partial charge in [0.25, 0.3) is 5.91 Å². The standard InChI is InChI=1S/C20H22N2O5/c1-21(27-2)20(24)19(18(23)13-15-9-5-3-6-10-15)17(14-22(25)26)16-11-7-4-8-12-16/h3-12,17,19H,13-14H2,1-2H3/t17-,19+/m1/s1. The normalized spacial score (nSPS) is 12.8. The Morgan fingerprint density at radius 2 is 1.63 bits per heavy atom. The van der Waals surface area contributed by atoms with Crippen molar-refractivity contribution in [3.63, 3.8) is 0 Å². The van der Waals surface area contributed by atoms with Crippen LogP contribution in [-0.4, -0.2) is 42.4 Å². The van der Waals surface area contributed by atoms with E-state index >= 15 is 0 Å². The van der Waals surface area contributed by atoms with E-state index in [1.165, 1.54) is 14.2 Å². The van der Waals surface area contributed by atoms with Crippen molar-refractivity contribution in [3.05, 3.63) is 81.9 Å². The number of rotatable bonds is 9. The molecule has 142 valence electrons. The first-order valence-electron chi connectivity index (χ1n) is 8.49. The van der Waals surface area contributed by atoms with Gasteiger partial charge in [0.2, 0.25) is 6.54 Å². The van der Waals surface area contributed by atoms with Gasteiger partial charge in [-0.05, 0) is 11.1 Å². The number of carbonyl (C=O) groups is 2. The number of ketones is 1. The zero-order valence-electron chi connectivity index (χ0n) is 15.3. The van der Waals surface area contributed by atoms with Crippen molar-refractivity contribution < 1.29 is 19.3 Å². The van der Waals surface area contributed by atoms with Crippen LogP contribution in [0.1, 0.15) is 17.0 Å². The fourth-order valence-electron chi connectivity index (χ4n) is 2.99. The summed E-state index contributed by atoms with van der Waals surface area (Å²) in [4.78, 5) is 41.6. The summed E-state index contributed by atoms with van der Waals surface area (Å²) in [6.07, 6.45) is 0.00977. The molecular formula is C20H22N2O5. The summed E-state index contributed by atoms with van der Waals surface area (Å²) in [5.74, 6) is -3.09. The van der Waals surface area contributed by atoms with Crippen molar-refractivity contribution in [3.8, 4) is 0 Å². The van der Waals surface area contributed by atoms with Crippen molar-refractivity contribution in [2.75, 3.05) is 20.7 Å². The highest BCUT2D eigenvalue weighted by molar-refractivity contribution is 6.02. The summed E-state index contributed by atoms with van der Waals surface area (Å²) in [7, 11) is 2.70. The molecule has 0 aliphatic heterocycles. The molecule has 0 fully saturated rings. The number of hydrogen-bond acceptors (Lipinski definition) is 5. The first-order valence-corrected chi connectivity index (χ1v) is 8.49. The number of nitrogens with zero attached hydrogens (tertiary/aromatic N) is 2. The van der Waals surface area contributed by atoms with Crippen molar-refractivity contribution in [2.45, 2.75) is 12.3 Å². The molecule has 0 spiro atoms. The zero-order chi connectivity index (χ0) is 19.8. The van der Waals surface area contributed by atoms with Crippen LogP contribution in [0.25, 0.3) is 0 Å². The van der Waals surface area contributed by atoms with E-state index in [1.807, 2.05) is 6.07 Å². The van der Waals surface area contributed by atoms with Crippen molar-refractivity contribution in [1.29, 1.82) is 0 Å². The van der Waals surface area contributed by atoms with Gasteiger partial charge in [0.05, 0.1) is 13.0 Å². The molecule has 1 amide bonds. The molecule has 2 rings (SSSR count). The van der Waals surface area contributed by atoms with Crippen LogP contribution in [0.5, 0.6) is 0 Å². The second kappa shape index (κ2) is 9.59. The second-order valence-electron chi connectivity index (χ2n) is 6.16. The van der Waals surface area contributed by atoms with E-state index in [-0.39, 0.29) is 12.2 Å². The van der Waals surface area contributed by atoms with Gasteiger partial charge in [-0.2, -0.15) is 0 Å². The molecule has 2 aromatic rings. The summed E-state index contributed by atoms with van der Waals surface area (Å²) in [6.45, 7) is -0.529. The minimum absolute atomic E-state index is 0.00977. The Balaban J connectivity index is 2.43. The first kappa shape index (κ1) is 20.3. The van der Waals surface area contributed by atoms with Crippen LogP contribution < -0.4 is 0 Å². The molecule has 0 aromatic heterocycles. The fraction of sp³-hybridized carbons (Fsp3) is 0.300. The molecule has 7 heteroatoms. The minimum atomic E-state index is -1.22. The Labute approximate surface area is 157 Å². The van der Waals surface area contributed by atoms with Crippen molar-refractivity contribution >= 4 is 11.7 Å². The van der Waals surface area contributed by atoms with E-state index in [4.69, 9.17) is 4.84 Å². The van der Waals surface area contributed by atoms with E-state index in [2.05, 4.69) is 0 Å². The summed E-state index contributed by atoms with van der Waals surface area (Å²) in [5, 5.41) is 12.2. The molecule has 0 N–H and O–H groups in total. The van der Waals surface area contributed by atoms with Gasteiger partial charge in [0.15, 0.2) is 5.78 Å². The Morgan fingerprint density at radius 3 is 2.15 bits per heavy atom. The van der Waals surface area contributed by atoms with Crippen molar-refractivity contribution in [1.82, 2.24) is 5.06 Å². The lowest BCUT2D eigenvalue weighted by Gasteiger charge is -2.26. The lowest BCUT2D eigenvalue weighted by molar-refractivity contribution is -0.484. The van der Waals surface area contributed by atoms with Gasteiger partial charge >= 0.3 is 0 Å². The van der Waals surface area contributed by atoms with Gasteiger partial charge in [-0.25, -0.2) is 5.06 Å². The monoisotopic (exact) mass is 370 g/mol. The molecule has 0 aliphatic rings. The minimum Gasteiger partial charge on any atom is -0.298 e. The van der Waals surface area contributed by atoms with Gasteiger partial charge in [0.1, 0.15) is 5.92 Å². The molecule has 0 saturated carbocycles. The fourth-order valence-corrected chi connectivity index (χ4v) is 2.99. The van der Waals surface area contributed by atoms with E-state index in [9.17, 15) is 19.7 Å². The molecular weight excluding hydrogens is 348 g/mol. The number of nitro groups is 1. The molecule has 0 saturated heterocycles. The smallest absolute Gasteiger partial charge is 0.257 e. The molecule has 0 heterocycles.